The summed E-state index contributed by atoms with van der Waals surface area (Å²) in [6, 6.07) is 24.9. The van der Waals surface area contributed by atoms with Gasteiger partial charge in [-0.25, -0.2) is 9.59 Å². The zero-order chi connectivity index (χ0) is 58.5. The van der Waals surface area contributed by atoms with Gasteiger partial charge in [-0.2, -0.15) is 0 Å². The highest BCUT2D eigenvalue weighted by atomic mass is 16.7. The summed E-state index contributed by atoms with van der Waals surface area (Å²) in [4.78, 5) is 78.1. The first-order valence-corrected chi connectivity index (χ1v) is 26.4. The van der Waals surface area contributed by atoms with E-state index in [0.29, 0.717) is 76.0 Å². The van der Waals surface area contributed by atoms with E-state index in [1.165, 1.54) is 32.4 Å². The number of hydrogen-bond acceptors (Lipinski definition) is 19. The molecule has 5 aromatic rings. The Labute approximate surface area is 474 Å². The molecule has 1 saturated heterocycles. The molecule has 5 aliphatic rings. The van der Waals surface area contributed by atoms with Crippen LogP contribution in [0.25, 0.3) is 11.1 Å². The number of rotatable bonds is 20. The SMILES string of the molecule is COc1ccc(C2=CN3C(=O)c4cc(OC)c(OCCCOc5cc6c(cc5OC)C(=O)N5C=C(c7cccc(NC(=O)OCc8ccc(O[C@@H]9OC(C(=O)O)[C@@H](O)C(O)C9O)c(NC(=O)CCN)c8)c7)C[C@H]5C=N6)cc4N=C[C@@H]3C2)cc1. The lowest BCUT2D eigenvalue weighted by Crippen LogP contribution is -2.61. The fourth-order valence-corrected chi connectivity index (χ4v) is 9.96. The third-order valence-corrected chi connectivity index (χ3v) is 14.3. The predicted molar refractivity (Wildman–Crippen MR) is 300 cm³/mol. The smallest absolute Gasteiger partial charge is 0.411 e. The second-order valence-electron chi connectivity index (χ2n) is 19.7. The Morgan fingerprint density at radius 3 is 1.88 bits per heavy atom. The number of hydrogen-bond donors (Lipinski definition) is 7. The number of aliphatic imine (C=N–C) groups is 2. The fourth-order valence-electron chi connectivity index (χ4n) is 9.96. The number of methoxy groups -OCH3 is 3. The number of carboxylic acids is 1. The minimum Gasteiger partial charge on any atom is -0.497 e. The van der Waals surface area contributed by atoms with E-state index in [0.717, 1.165) is 28.0 Å². The molecule has 24 nitrogen and oxygen atoms in total. The first-order chi connectivity index (χ1) is 40.1. The molecule has 5 aromatic carbocycles. The lowest BCUT2D eigenvalue weighted by Gasteiger charge is -2.38. The molecule has 1 fully saturated rings. The molecule has 3 unspecified atom stereocenters. The number of aliphatic hydroxyl groups is 3. The van der Waals surface area contributed by atoms with Crippen LogP contribution in [0.3, 0.4) is 0 Å². The number of nitrogens with two attached hydrogens (primary N) is 1. The summed E-state index contributed by atoms with van der Waals surface area (Å²) in [6.45, 7) is 0.172. The molecule has 0 saturated carbocycles. The summed E-state index contributed by atoms with van der Waals surface area (Å²) in [5.74, 6) is -0.468. The highest BCUT2D eigenvalue weighted by Crippen LogP contribution is 2.43. The summed E-state index contributed by atoms with van der Waals surface area (Å²) in [5.41, 5.74) is 11.4. The van der Waals surface area contributed by atoms with Gasteiger partial charge in [0, 0.05) is 74.9 Å². The molecule has 0 aliphatic carbocycles. The first kappa shape index (κ1) is 56.9. The van der Waals surface area contributed by atoms with E-state index in [2.05, 4.69) is 10.6 Å². The number of carbonyl (C=O) groups is 5. The molecule has 8 N–H and O–H groups in total. The van der Waals surface area contributed by atoms with Crippen molar-refractivity contribution in [2.45, 2.75) is 75.1 Å². The van der Waals surface area contributed by atoms with Gasteiger partial charge in [0.1, 0.15) is 36.4 Å². The van der Waals surface area contributed by atoms with Gasteiger partial charge in [0.15, 0.2) is 29.1 Å². The van der Waals surface area contributed by atoms with Gasteiger partial charge < -0.3 is 79.2 Å². The van der Waals surface area contributed by atoms with Crippen molar-refractivity contribution in [2.75, 3.05) is 51.7 Å². The van der Waals surface area contributed by atoms with Crippen molar-refractivity contribution in [2.24, 2.45) is 15.7 Å². The highest BCUT2D eigenvalue weighted by Gasteiger charge is 2.48. The largest absolute Gasteiger partial charge is 0.497 e. The summed E-state index contributed by atoms with van der Waals surface area (Å²) >= 11 is 0. The lowest BCUT2D eigenvalue weighted by molar-refractivity contribution is -0.271. The number of amides is 4. The second kappa shape index (κ2) is 24.8. The van der Waals surface area contributed by atoms with Gasteiger partial charge in [-0.1, -0.05) is 30.3 Å². The Kier molecular flexibility index (Phi) is 17.0. The molecule has 432 valence electrons. The number of aliphatic carboxylic acids is 1. The number of carboxylic acid groups (broad SMARTS) is 1. The maximum absolute atomic E-state index is 14.2. The van der Waals surface area contributed by atoms with Crippen molar-refractivity contribution in [1.82, 2.24) is 9.80 Å². The number of aliphatic hydroxyl groups excluding tert-OH is 3. The minimum atomic E-state index is -1.94. The third kappa shape index (κ3) is 12.3. The van der Waals surface area contributed by atoms with Gasteiger partial charge in [-0.3, -0.25) is 29.7 Å². The molecule has 24 heteroatoms. The van der Waals surface area contributed by atoms with Crippen LogP contribution in [0, 0.1) is 0 Å². The predicted octanol–water partition coefficient (Wildman–Crippen LogP) is 5.81. The maximum atomic E-state index is 14.2. The Morgan fingerprint density at radius 2 is 1.30 bits per heavy atom. The van der Waals surface area contributed by atoms with Crippen LogP contribution in [0.5, 0.6) is 34.5 Å². The number of carbonyl (C=O) groups excluding carboxylic acids is 4. The summed E-state index contributed by atoms with van der Waals surface area (Å²) in [6.07, 6.45) is -1.76. The molecule has 10 rings (SSSR count). The van der Waals surface area contributed by atoms with Crippen LogP contribution in [0.15, 0.2) is 113 Å². The maximum Gasteiger partial charge on any atom is 0.411 e. The Hall–Kier alpha value is -9.33. The van der Waals surface area contributed by atoms with Gasteiger partial charge in [0.05, 0.1) is 74.8 Å². The van der Waals surface area contributed by atoms with Gasteiger partial charge in [-0.15, -0.1) is 0 Å². The molecule has 0 bridgehead atoms. The number of fused-ring (bicyclic) bond motifs is 4. The fraction of sp³-hybridized carbons (Fsp3) is 0.305. The Bertz CT molecular complexity index is 3460. The van der Waals surface area contributed by atoms with E-state index < -0.39 is 54.7 Å². The molecule has 0 radical (unpaired) electrons. The molecule has 5 aliphatic heterocycles. The molecule has 5 heterocycles. The highest BCUT2D eigenvalue weighted by molar-refractivity contribution is 6.07. The normalized spacial score (nSPS) is 21.2. The zero-order valence-electron chi connectivity index (χ0n) is 45.1. The van der Waals surface area contributed by atoms with Crippen molar-refractivity contribution >= 4 is 76.1 Å². The molecule has 0 aromatic heterocycles. The molecule has 0 spiro atoms. The van der Waals surface area contributed by atoms with Gasteiger partial charge in [0.25, 0.3) is 11.8 Å². The molecular formula is C59H59N7O17. The van der Waals surface area contributed by atoms with Crippen LogP contribution in [0.4, 0.5) is 27.5 Å². The van der Waals surface area contributed by atoms with Crippen molar-refractivity contribution < 1.29 is 82.3 Å². The van der Waals surface area contributed by atoms with Crippen molar-refractivity contribution in [3.8, 4) is 34.5 Å². The van der Waals surface area contributed by atoms with E-state index >= 15 is 0 Å². The number of benzene rings is 5. The topological polar surface area (TPSA) is 321 Å². The Morgan fingerprint density at radius 1 is 0.687 bits per heavy atom. The van der Waals surface area contributed by atoms with Crippen LogP contribution in [-0.4, -0.2) is 156 Å². The van der Waals surface area contributed by atoms with E-state index in [1.807, 2.05) is 36.5 Å². The number of ether oxygens (including phenoxy) is 8. The van der Waals surface area contributed by atoms with Crippen LogP contribution in [-0.2, 0) is 25.7 Å². The number of anilines is 2. The van der Waals surface area contributed by atoms with Crippen LogP contribution in [0.2, 0.25) is 0 Å². The minimum absolute atomic E-state index is 0.0136. The monoisotopic (exact) mass is 1140 g/mol. The summed E-state index contributed by atoms with van der Waals surface area (Å²) < 4.78 is 45.4. The summed E-state index contributed by atoms with van der Waals surface area (Å²) in [7, 11) is 4.61. The molecular weight excluding hydrogens is 1080 g/mol. The van der Waals surface area contributed by atoms with Crippen molar-refractivity contribution in [3.63, 3.8) is 0 Å². The molecule has 83 heavy (non-hydrogen) atoms. The quantitative estimate of drug-likeness (QED) is 0.0452. The van der Waals surface area contributed by atoms with Gasteiger partial charge in [-0.05, 0) is 76.4 Å². The Balaban J connectivity index is 0.733. The van der Waals surface area contributed by atoms with Crippen LogP contribution < -0.4 is 44.8 Å². The zero-order valence-corrected chi connectivity index (χ0v) is 45.1. The third-order valence-electron chi connectivity index (χ3n) is 14.3. The molecule has 4 amide bonds. The van der Waals surface area contributed by atoms with Gasteiger partial charge >= 0.3 is 12.1 Å². The van der Waals surface area contributed by atoms with Gasteiger partial charge in [0.2, 0.25) is 12.2 Å². The van der Waals surface area contributed by atoms with Crippen LogP contribution >= 0.6 is 0 Å². The van der Waals surface area contributed by atoms with Crippen molar-refractivity contribution in [1.29, 1.82) is 0 Å². The lowest BCUT2D eigenvalue weighted by atomic mass is 9.99. The van der Waals surface area contributed by atoms with Crippen molar-refractivity contribution in [3.05, 3.63) is 131 Å². The van der Waals surface area contributed by atoms with E-state index in [9.17, 15) is 44.4 Å². The van der Waals surface area contributed by atoms with E-state index in [-0.39, 0.29) is 62.1 Å². The standard InChI is InChI=1S/C59H59N7O17/c1-76-39-11-9-32(10-12-39)34-20-37-26-61-42-24-48(46(77-2)22-40(42)55(71)65(37)28-34)79-16-5-17-80-49-25-43-41(23-47(49)78-3)56(72)66-29-35(21-38(66)27-62-43)33-6-4-7-36(19-33)63-59(75)81-30-31-8-13-45(44(18-31)64-50(67)14-15-60)82-58-53(70)51(68)52(69)54(83-58)57(73)74/h4,6-13,18-19,22-29,37-38,51-54,58,68-70H,5,14-17,20-21,30,60H2,1-3H3,(H,63,75)(H,64,67)(H,73,74)/t37-,38-,51?,52-,53?,54?,58+/m0/s1. The number of nitrogens with zero attached hydrogens (tertiary/aromatic N) is 4. The van der Waals surface area contributed by atoms with E-state index in [4.69, 9.17) is 53.6 Å². The molecule has 7 atom stereocenters. The number of nitrogens with one attached hydrogen (secondary N) is 2. The van der Waals surface area contributed by atoms with E-state index in [1.54, 1.807) is 78.0 Å². The first-order valence-electron chi connectivity index (χ1n) is 26.4. The average molecular weight is 1140 g/mol. The average Bonchev–Trinajstić information content (AvgIpc) is 3.72. The second-order valence-corrected chi connectivity index (χ2v) is 19.7. The summed E-state index contributed by atoms with van der Waals surface area (Å²) in [5, 5.41) is 45.6. The van der Waals surface area contributed by atoms with Crippen LogP contribution in [0.1, 0.15) is 63.1 Å².